The Morgan fingerprint density at radius 3 is 2.08 bits per heavy atom. The van der Waals surface area contributed by atoms with Crippen molar-refractivity contribution in [3.8, 4) is 11.1 Å². The fraction of sp³-hybridized carbons (Fsp3) is 0.300. The molecule has 0 aliphatic heterocycles. The second-order valence-corrected chi connectivity index (χ2v) is 5.76. The van der Waals surface area contributed by atoms with Crippen molar-refractivity contribution in [3.05, 3.63) is 59.7 Å². The average molecular weight is 340 g/mol. The zero-order valence-electron chi connectivity index (χ0n) is 14.6. The van der Waals surface area contributed by atoms with Crippen molar-refractivity contribution in [1.29, 1.82) is 0 Å². The Hall–Kier alpha value is -2.66. The molecule has 2 aromatic rings. The molecule has 3 N–H and O–H groups in total. The van der Waals surface area contributed by atoms with Crippen molar-refractivity contribution in [2.45, 2.75) is 39.5 Å². The molecule has 1 atom stereocenters. The van der Waals surface area contributed by atoms with Gasteiger partial charge in [-0.1, -0.05) is 50.2 Å². The normalized spacial score (nSPS) is 11.6. The van der Waals surface area contributed by atoms with Crippen LogP contribution in [0.25, 0.3) is 11.1 Å². The maximum atomic E-state index is 12.1. The van der Waals surface area contributed by atoms with Crippen LogP contribution in [0.5, 0.6) is 0 Å². The largest absolute Gasteiger partial charge is 0.428 e. The summed E-state index contributed by atoms with van der Waals surface area (Å²) in [7, 11) is 0. The van der Waals surface area contributed by atoms with Crippen LogP contribution in [0, 0.1) is 0 Å². The van der Waals surface area contributed by atoms with Gasteiger partial charge in [0.1, 0.15) is 0 Å². The molecule has 1 amide bonds. The predicted molar refractivity (Wildman–Crippen MR) is 97.7 cm³/mol. The van der Waals surface area contributed by atoms with Gasteiger partial charge in [-0.05, 0) is 41.7 Å². The molecule has 0 aliphatic carbocycles. The molecule has 0 spiro atoms. The molecular formula is C20H24N2O3. The maximum Gasteiger partial charge on any atom is 0.308 e. The molecule has 0 saturated carbocycles. The number of benzene rings is 2. The minimum absolute atomic E-state index is 0.273. The van der Waals surface area contributed by atoms with Crippen LogP contribution in [-0.2, 0) is 16.0 Å². The zero-order valence-corrected chi connectivity index (χ0v) is 14.6. The van der Waals surface area contributed by atoms with Crippen LogP contribution in [0.15, 0.2) is 48.5 Å². The van der Waals surface area contributed by atoms with Crippen molar-refractivity contribution in [2.24, 2.45) is 5.73 Å². The number of carbonyl (C=O) groups excluding carboxylic acids is 2. The van der Waals surface area contributed by atoms with Crippen molar-refractivity contribution < 1.29 is 14.3 Å². The van der Waals surface area contributed by atoms with Crippen LogP contribution < -0.4 is 11.1 Å². The molecule has 0 saturated heterocycles. The molecule has 0 aromatic heterocycles. The lowest BCUT2D eigenvalue weighted by Gasteiger charge is -2.14. The van der Waals surface area contributed by atoms with E-state index in [9.17, 15) is 9.59 Å². The Morgan fingerprint density at radius 2 is 1.56 bits per heavy atom. The predicted octanol–water partition coefficient (Wildman–Crippen LogP) is 3.23. The van der Waals surface area contributed by atoms with E-state index in [2.05, 4.69) is 36.5 Å². The van der Waals surface area contributed by atoms with Crippen LogP contribution in [0.1, 0.15) is 42.6 Å². The third kappa shape index (κ3) is 5.43. The Kier molecular flexibility index (Phi) is 6.71. The summed E-state index contributed by atoms with van der Waals surface area (Å²) in [4.78, 5) is 23.5. The minimum atomic E-state index is -1.15. The molecule has 0 radical (unpaired) electrons. The van der Waals surface area contributed by atoms with E-state index in [0.29, 0.717) is 12.0 Å². The quantitative estimate of drug-likeness (QED) is 0.599. The molecule has 25 heavy (non-hydrogen) atoms. The van der Waals surface area contributed by atoms with Gasteiger partial charge >= 0.3 is 5.97 Å². The summed E-state index contributed by atoms with van der Waals surface area (Å²) in [5.41, 5.74) is 9.47. The Labute approximate surface area is 148 Å². The second-order valence-electron chi connectivity index (χ2n) is 5.76. The standard InChI is InChI=1S/C20H24N2O3/c1-3-5-18(23)25-20(21)22-19(24)17-12-10-16(11-13-17)15-8-6-14(4-2)7-9-15/h6-13,20H,3-5,21H2,1-2H3,(H,22,24)/t20-/m0/s1. The van der Waals surface area contributed by atoms with Crippen LogP contribution in [-0.4, -0.2) is 18.2 Å². The number of rotatable bonds is 7. The number of esters is 1. The summed E-state index contributed by atoms with van der Waals surface area (Å²) in [6, 6.07) is 15.5. The number of ether oxygens (including phenoxy) is 1. The molecule has 132 valence electrons. The van der Waals surface area contributed by atoms with Crippen molar-refractivity contribution in [3.63, 3.8) is 0 Å². The van der Waals surface area contributed by atoms with E-state index in [1.165, 1.54) is 5.56 Å². The lowest BCUT2D eigenvalue weighted by molar-refractivity contribution is -0.149. The van der Waals surface area contributed by atoms with Crippen LogP contribution in [0.4, 0.5) is 0 Å². The molecule has 5 nitrogen and oxygen atoms in total. The summed E-state index contributed by atoms with van der Waals surface area (Å²) in [6.07, 6.45) is 0.797. The van der Waals surface area contributed by atoms with E-state index in [1.54, 1.807) is 12.1 Å². The summed E-state index contributed by atoms with van der Waals surface area (Å²) in [5, 5.41) is 2.46. The molecule has 2 rings (SSSR count). The lowest BCUT2D eigenvalue weighted by atomic mass is 10.0. The van der Waals surface area contributed by atoms with E-state index in [-0.39, 0.29) is 12.3 Å². The van der Waals surface area contributed by atoms with Gasteiger partial charge in [-0.25, -0.2) is 0 Å². The number of amides is 1. The number of nitrogens with one attached hydrogen (secondary N) is 1. The summed E-state index contributed by atoms with van der Waals surface area (Å²) in [6.45, 7) is 3.98. The van der Waals surface area contributed by atoms with Crippen molar-refractivity contribution >= 4 is 11.9 Å². The first-order valence-corrected chi connectivity index (χ1v) is 8.48. The Morgan fingerprint density at radius 1 is 1.00 bits per heavy atom. The van der Waals surface area contributed by atoms with Crippen LogP contribution in [0.3, 0.4) is 0 Å². The zero-order chi connectivity index (χ0) is 18.2. The molecule has 5 heteroatoms. The number of hydrogen-bond donors (Lipinski definition) is 2. The fourth-order valence-electron chi connectivity index (χ4n) is 2.39. The monoisotopic (exact) mass is 340 g/mol. The van der Waals surface area contributed by atoms with E-state index in [4.69, 9.17) is 10.5 Å². The third-order valence-electron chi connectivity index (χ3n) is 3.83. The fourth-order valence-corrected chi connectivity index (χ4v) is 2.39. The molecule has 0 fully saturated rings. The van der Waals surface area contributed by atoms with Gasteiger partial charge in [0.05, 0.1) is 0 Å². The minimum Gasteiger partial charge on any atom is -0.428 e. The smallest absolute Gasteiger partial charge is 0.308 e. The van der Waals surface area contributed by atoms with Gasteiger partial charge in [0.15, 0.2) is 0 Å². The number of aryl methyl sites for hydroxylation is 1. The highest BCUT2D eigenvalue weighted by atomic mass is 16.6. The Bertz CT molecular complexity index is 709. The second kappa shape index (κ2) is 8.99. The first-order chi connectivity index (χ1) is 12.0. The van der Waals surface area contributed by atoms with Crippen LogP contribution in [0.2, 0.25) is 0 Å². The van der Waals surface area contributed by atoms with Gasteiger partial charge in [0.25, 0.3) is 5.91 Å². The number of carbonyl (C=O) groups is 2. The summed E-state index contributed by atoms with van der Waals surface area (Å²) < 4.78 is 4.90. The van der Waals surface area contributed by atoms with Gasteiger partial charge < -0.3 is 10.1 Å². The van der Waals surface area contributed by atoms with Gasteiger partial charge in [0, 0.05) is 12.0 Å². The van der Waals surface area contributed by atoms with E-state index < -0.39 is 12.3 Å². The molecule has 2 aromatic carbocycles. The summed E-state index contributed by atoms with van der Waals surface area (Å²) in [5.74, 6) is -0.814. The molecular weight excluding hydrogens is 316 g/mol. The lowest BCUT2D eigenvalue weighted by Crippen LogP contribution is -2.44. The van der Waals surface area contributed by atoms with E-state index in [0.717, 1.165) is 17.5 Å². The highest BCUT2D eigenvalue weighted by Crippen LogP contribution is 2.20. The number of nitrogens with two attached hydrogens (primary N) is 1. The van der Waals surface area contributed by atoms with Gasteiger partial charge in [-0.3, -0.25) is 15.3 Å². The molecule has 0 aliphatic rings. The highest BCUT2D eigenvalue weighted by Gasteiger charge is 2.13. The first-order valence-electron chi connectivity index (χ1n) is 8.48. The van der Waals surface area contributed by atoms with Crippen molar-refractivity contribution in [1.82, 2.24) is 5.32 Å². The average Bonchev–Trinajstić information content (AvgIpc) is 2.62. The topological polar surface area (TPSA) is 81.4 Å². The maximum absolute atomic E-state index is 12.1. The van der Waals surface area contributed by atoms with Crippen molar-refractivity contribution in [2.75, 3.05) is 0 Å². The van der Waals surface area contributed by atoms with Gasteiger partial charge in [0.2, 0.25) is 6.35 Å². The third-order valence-corrected chi connectivity index (χ3v) is 3.83. The molecule has 0 heterocycles. The Balaban J connectivity index is 1.98. The SMILES string of the molecule is CCCC(=O)O[C@@H](N)NC(=O)c1ccc(-c2ccc(CC)cc2)cc1. The van der Waals surface area contributed by atoms with Gasteiger partial charge in [-0.2, -0.15) is 0 Å². The highest BCUT2D eigenvalue weighted by molar-refractivity contribution is 5.94. The molecule has 0 unspecified atom stereocenters. The van der Waals surface area contributed by atoms with Crippen LogP contribution >= 0.6 is 0 Å². The van der Waals surface area contributed by atoms with E-state index >= 15 is 0 Å². The van der Waals surface area contributed by atoms with Gasteiger partial charge in [-0.15, -0.1) is 0 Å². The first kappa shape index (κ1) is 18.7. The number of hydrogen-bond acceptors (Lipinski definition) is 4. The summed E-state index contributed by atoms with van der Waals surface area (Å²) >= 11 is 0. The van der Waals surface area contributed by atoms with E-state index in [1.807, 2.05) is 19.1 Å². The molecule has 0 bridgehead atoms.